The number of alkyl halides is 3. The maximum absolute atomic E-state index is 13.5. The molecular formula is C16H27F3N2O2. The van der Waals surface area contributed by atoms with Crippen molar-refractivity contribution in [2.24, 2.45) is 11.3 Å². The molecule has 0 bridgehead atoms. The van der Waals surface area contributed by atoms with Gasteiger partial charge in [-0.2, -0.15) is 13.2 Å². The fraction of sp³-hybridized carbons (Fsp3) is 0.938. The van der Waals surface area contributed by atoms with Crippen LogP contribution in [0, 0.1) is 11.3 Å². The van der Waals surface area contributed by atoms with Crippen LogP contribution in [0.4, 0.5) is 18.0 Å². The third kappa shape index (κ3) is 3.44. The number of likely N-dealkylation sites (tertiary alicyclic amines) is 1. The second kappa shape index (κ2) is 6.49. The van der Waals surface area contributed by atoms with Gasteiger partial charge in [0.05, 0.1) is 6.61 Å². The van der Waals surface area contributed by atoms with Gasteiger partial charge in [-0.05, 0) is 25.2 Å². The van der Waals surface area contributed by atoms with Crippen LogP contribution in [0.1, 0.15) is 52.4 Å². The van der Waals surface area contributed by atoms with Gasteiger partial charge in [0.1, 0.15) is 5.54 Å². The minimum Gasteiger partial charge on any atom is -0.396 e. The molecule has 1 heterocycles. The molecule has 1 saturated carbocycles. The lowest BCUT2D eigenvalue weighted by molar-refractivity contribution is -0.202. The molecule has 2 rings (SSSR count). The molecule has 23 heavy (non-hydrogen) atoms. The number of halogens is 3. The van der Waals surface area contributed by atoms with E-state index in [4.69, 9.17) is 0 Å². The molecule has 2 amide bonds. The lowest BCUT2D eigenvalue weighted by atomic mass is 9.77. The Hall–Kier alpha value is -0.980. The topological polar surface area (TPSA) is 52.6 Å². The Bertz CT molecular complexity index is 434. The van der Waals surface area contributed by atoms with E-state index in [-0.39, 0.29) is 25.4 Å². The molecule has 1 atom stereocenters. The number of hydrogen-bond acceptors (Lipinski definition) is 2. The summed E-state index contributed by atoms with van der Waals surface area (Å²) in [6, 6.07) is -0.653. The van der Waals surface area contributed by atoms with Crippen LogP contribution in [0.15, 0.2) is 0 Å². The highest BCUT2D eigenvalue weighted by Gasteiger charge is 2.56. The van der Waals surface area contributed by atoms with Gasteiger partial charge in [0.25, 0.3) is 0 Å². The molecule has 0 radical (unpaired) electrons. The van der Waals surface area contributed by atoms with Crippen molar-refractivity contribution in [2.45, 2.75) is 64.1 Å². The molecule has 2 fully saturated rings. The van der Waals surface area contributed by atoms with Gasteiger partial charge in [-0.15, -0.1) is 0 Å². The molecule has 1 aliphatic heterocycles. The zero-order chi connectivity index (χ0) is 17.3. The predicted octanol–water partition coefficient (Wildman–Crippen LogP) is 3.30. The smallest absolute Gasteiger partial charge is 0.396 e. The van der Waals surface area contributed by atoms with Crippen LogP contribution in [0.3, 0.4) is 0 Å². The fourth-order valence-corrected chi connectivity index (χ4v) is 3.77. The van der Waals surface area contributed by atoms with Crippen LogP contribution in [0.5, 0.6) is 0 Å². The standard InChI is InChI=1S/C16H27F3N2O2/c1-12(2)14(11-22)8-9-21(10-14)13(23)20-15(16(17,18)19)6-4-3-5-7-15/h12,22H,3-11H2,1-2H3,(H,20,23). The number of aliphatic hydroxyl groups is 1. The van der Waals surface area contributed by atoms with Crippen LogP contribution in [0.2, 0.25) is 0 Å². The van der Waals surface area contributed by atoms with E-state index in [1.807, 2.05) is 13.8 Å². The van der Waals surface area contributed by atoms with Crippen LogP contribution >= 0.6 is 0 Å². The third-order valence-electron chi connectivity index (χ3n) is 5.81. The Labute approximate surface area is 135 Å². The summed E-state index contributed by atoms with van der Waals surface area (Å²) in [5.74, 6) is 0.163. The van der Waals surface area contributed by atoms with Crippen molar-refractivity contribution in [3.05, 3.63) is 0 Å². The average Bonchev–Trinajstić information content (AvgIpc) is 2.93. The minimum atomic E-state index is -4.44. The lowest BCUT2D eigenvalue weighted by Crippen LogP contribution is -2.62. The van der Waals surface area contributed by atoms with Gasteiger partial charge < -0.3 is 15.3 Å². The molecule has 1 saturated heterocycles. The summed E-state index contributed by atoms with van der Waals surface area (Å²) in [4.78, 5) is 13.9. The monoisotopic (exact) mass is 336 g/mol. The van der Waals surface area contributed by atoms with E-state index in [1.165, 1.54) is 4.90 Å². The molecule has 0 aromatic carbocycles. The Balaban J connectivity index is 2.09. The van der Waals surface area contributed by atoms with E-state index < -0.39 is 23.2 Å². The number of urea groups is 1. The summed E-state index contributed by atoms with van der Waals surface area (Å²) in [5, 5.41) is 11.9. The van der Waals surface area contributed by atoms with Gasteiger partial charge in [-0.25, -0.2) is 4.79 Å². The number of carbonyl (C=O) groups excluding carboxylic acids is 1. The number of carbonyl (C=O) groups is 1. The molecular weight excluding hydrogens is 309 g/mol. The maximum atomic E-state index is 13.5. The molecule has 134 valence electrons. The molecule has 2 aliphatic rings. The first-order valence-electron chi connectivity index (χ1n) is 8.40. The van der Waals surface area contributed by atoms with Gasteiger partial charge in [0.2, 0.25) is 0 Å². The number of rotatable bonds is 3. The van der Waals surface area contributed by atoms with E-state index in [1.54, 1.807) is 0 Å². The Kier molecular flexibility index (Phi) is 5.18. The molecule has 7 heteroatoms. The minimum absolute atomic E-state index is 0.0502. The summed E-state index contributed by atoms with van der Waals surface area (Å²) in [7, 11) is 0. The normalized spacial score (nSPS) is 28.2. The van der Waals surface area contributed by atoms with E-state index in [9.17, 15) is 23.1 Å². The van der Waals surface area contributed by atoms with Crippen LogP contribution < -0.4 is 5.32 Å². The Morgan fingerprint density at radius 3 is 2.26 bits per heavy atom. The van der Waals surface area contributed by atoms with Gasteiger partial charge in [-0.1, -0.05) is 33.1 Å². The highest BCUT2D eigenvalue weighted by Crippen LogP contribution is 2.42. The SMILES string of the molecule is CC(C)C1(CO)CCN(C(=O)NC2(C(F)(F)F)CCCCC2)C1. The van der Waals surface area contributed by atoms with E-state index >= 15 is 0 Å². The Morgan fingerprint density at radius 2 is 1.83 bits per heavy atom. The number of nitrogens with one attached hydrogen (secondary N) is 1. The molecule has 4 nitrogen and oxygen atoms in total. The van der Waals surface area contributed by atoms with E-state index in [0.717, 1.165) is 6.42 Å². The average molecular weight is 336 g/mol. The first-order chi connectivity index (χ1) is 10.7. The van der Waals surface area contributed by atoms with Gasteiger partial charge in [-0.3, -0.25) is 0 Å². The summed E-state index contributed by atoms with van der Waals surface area (Å²) >= 11 is 0. The van der Waals surface area contributed by atoms with Crippen LogP contribution in [-0.2, 0) is 0 Å². The second-order valence-corrected chi connectivity index (χ2v) is 7.42. The molecule has 2 N–H and O–H groups in total. The molecule has 1 aliphatic carbocycles. The van der Waals surface area contributed by atoms with Crippen molar-refractivity contribution in [2.75, 3.05) is 19.7 Å². The second-order valence-electron chi connectivity index (χ2n) is 7.42. The number of nitrogens with zero attached hydrogens (tertiary/aromatic N) is 1. The molecule has 1 unspecified atom stereocenters. The van der Waals surface area contributed by atoms with Crippen molar-refractivity contribution < 1.29 is 23.1 Å². The van der Waals surface area contributed by atoms with Crippen LogP contribution in [-0.4, -0.2) is 47.4 Å². The summed E-state index contributed by atoms with van der Waals surface area (Å²) in [5.41, 5.74) is -2.50. The van der Waals surface area contributed by atoms with E-state index in [2.05, 4.69) is 5.32 Å². The van der Waals surface area contributed by atoms with Gasteiger partial charge in [0.15, 0.2) is 0 Å². The highest BCUT2D eigenvalue weighted by molar-refractivity contribution is 5.75. The number of hydrogen-bond donors (Lipinski definition) is 2. The number of aliphatic hydroxyl groups excluding tert-OH is 1. The summed E-state index contributed by atoms with van der Waals surface area (Å²) < 4.78 is 40.6. The highest BCUT2D eigenvalue weighted by atomic mass is 19.4. The van der Waals surface area contributed by atoms with Crippen molar-refractivity contribution in [3.8, 4) is 0 Å². The predicted molar refractivity (Wildman–Crippen MR) is 80.9 cm³/mol. The zero-order valence-corrected chi connectivity index (χ0v) is 13.9. The van der Waals surface area contributed by atoms with Crippen molar-refractivity contribution in [3.63, 3.8) is 0 Å². The molecule has 0 spiro atoms. The quantitative estimate of drug-likeness (QED) is 0.831. The van der Waals surface area contributed by atoms with Gasteiger partial charge in [0, 0.05) is 18.5 Å². The Morgan fingerprint density at radius 1 is 1.22 bits per heavy atom. The number of amides is 2. The zero-order valence-electron chi connectivity index (χ0n) is 13.9. The van der Waals surface area contributed by atoms with Crippen molar-refractivity contribution in [1.82, 2.24) is 10.2 Å². The first-order valence-corrected chi connectivity index (χ1v) is 8.40. The van der Waals surface area contributed by atoms with Gasteiger partial charge >= 0.3 is 12.2 Å². The first kappa shape index (κ1) is 18.4. The van der Waals surface area contributed by atoms with E-state index in [0.29, 0.717) is 32.4 Å². The lowest BCUT2D eigenvalue weighted by Gasteiger charge is -2.40. The van der Waals surface area contributed by atoms with Crippen molar-refractivity contribution >= 4 is 6.03 Å². The largest absolute Gasteiger partial charge is 0.411 e. The van der Waals surface area contributed by atoms with Crippen LogP contribution in [0.25, 0.3) is 0 Å². The molecule has 0 aromatic heterocycles. The van der Waals surface area contributed by atoms with Crippen molar-refractivity contribution in [1.29, 1.82) is 0 Å². The summed E-state index contributed by atoms with van der Waals surface area (Å²) in [6.07, 6.45) is -2.18. The summed E-state index contributed by atoms with van der Waals surface area (Å²) in [6.45, 7) is 4.57. The fourth-order valence-electron chi connectivity index (χ4n) is 3.77. The third-order valence-corrected chi connectivity index (χ3v) is 5.81. The maximum Gasteiger partial charge on any atom is 0.411 e. The molecule has 0 aromatic rings.